The summed E-state index contributed by atoms with van der Waals surface area (Å²) in [5, 5.41) is 0.698. The molecule has 2 amide bonds. The van der Waals surface area contributed by atoms with Gasteiger partial charge in [-0.15, -0.1) is 0 Å². The highest BCUT2D eigenvalue weighted by Gasteiger charge is 2.53. The van der Waals surface area contributed by atoms with Gasteiger partial charge in [0.25, 0.3) is 0 Å². The van der Waals surface area contributed by atoms with E-state index < -0.39 is 0 Å². The van der Waals surface area contributed by atoms with Gasteiger partial charge in [0.05, 0.1) is 12.0 Å². The average molecular weight is 378 g/mol. The normalized spacial score (nSPS) is 19.3. The Bertz CT molecular complexity index is 646. The molecule has 1 saturated carbocycles. The van der Waals surface area contributed by atoms with E-state index in [2.05, 4.69) is 4.90 Å². The first-order valence-corrected chi connectivity index (χ1v) is 9.93. The third-order valence-corrected chi connectivity index (χ3v) is 5.94. The van der Waals surface area contributed by atoms with Gasteiger partial charge in [-0.2, -0.15) is 0 Å². The number of amides is 2. The molecule has 1 saturated heterocycles. The SMILES string of the molecule is CCN(CC)C(=O)CN1CCN(C(=O)C2(c3ccc(Cl)cc3)CC2)CC1. The van der Waals surface area contributed by atoms with Crippen LogP contribution in [0, 0.1) is 0 Å². The molecule has 1 aliphatic carbocycles. The van der Waals surface area contributed by atoms with Crippen LogP contribution >= 0.6 is 11.6 Å². The lowest BCUT2D eigenvalue weighted by molar-refractivity contribution is -0.137. The topological polar surface area (TPSA) is 43.9 Å². The first-order chi connectivity index (χ1) is 12.5. The van der Waals surface area contributed by atoms with Crippen molar-refractivity contribution in [1.82, 2.24) is 14.7 Å². The van der Waals surface area contributed by atoms with Gasteiger partial charge >= 0.3 is 0 Å². The number of hydrogen-bond acceptors (Lipinski definition) is 3. The molecule has 5 nitrogen and oxygen atoms in total. The van der Waals surface area contributed by atoms with Gasteiger partial charge in [0.2, 0.25) is 11.8 Å². The molecule has 142 valence electrons. The van der Waals surface area contributed by atoms with Crippen LogP contribution in [0.25, 0.3) is 0 Å². The number of halogens is 1. The summed E-state index contributed by atoms with van der Waals surface area (Å²) < 4.78 is 0. The number of nitrogens with zero attached hydrogens (tertiary/aromatic N) is 3. The van der Waals surface area contributed by atoms with Crippen LogP contribution in [0.1, 0.15) is 32.3 Å². The molecule has 2 aliphatic rings. The van der Waals surface area contributed by atoms with Crippen molar-refractivity contribution in [1.29, 1.82) is 0 Å². The Morgan fingerprint density at radius 3 is 2.12 bits per heavy atom. The molecule has 0 bridgehead atoms. The van der Waals surface area contributed by atoms with E-state index in [-0.39, 0.29) is 17.2 Å². The Morgan fingerprint density at radius 2 is 1.62 bits per heavy atom. The lowest BCUT2D eigenvalue weighted by atomic mass is 9.94. The maximum atomic E-state index is 13.1. The Kier molecular flexibility index (Phi) is 5.88. The molecular weight excluding hydrogens is 350 g/mol. The summed E-state index contributed by atoms with van der Waals surface area (Å²) >= 11 is 5.98. The molecule has 1 heterocycles. The minimum Gasteiger partial charge on any atom is -0.342 e. The number of rotatable bonds is 6. The quantitative estimate of drug-likeness (QED) is 0.764. The molecule has 0 atom stereocenters. The van der Waals surface area contributed by atoms with E-state index >= 15 is 0 Å². The minimum absolute atomic E-state index is 0.176. The highest BCUT2D eigenvalue weighted by molar-refractivity contribution is 6.30. The fourth-order valence-corrected chi connectivity index (χ4v) is 3.93. The summed E-state index contributed by atoms with van der Waals surface area (Å²) in [6, 6.07) is 7.68. The van der Waals surface area contributed by atoms with Gasteiger partial charge in [-0.25, -0.2) is 0 Å². The van der Waals surface area contributed by atoms with Crippen molar-refractivity contribution < 1.29 is 9.59 Å². The van der Waals surface area contributed by atoms with Crippen LogP contribution in [-0.2, 0) is 15.0 Å². The molecule has 26 heavy (non-hydrogen) atoms. The molecule has 0 unspecified atom stereocenters. The maximum absolute atomic E-state index is 13.1. The second kappa shape index (κ2) is 7.97. The number of benzene rings is 1. The largest absolute Gasteiger partial charge is 0.342 e. The third kappa shape index (κ3) is 3.89. The Morgan fingerprint density at radius 1 is 1.04 bits per heavy atom. The van der Waals surface area contributed by atoms with Gasteiger partial charge in [0.15, 0.2) is 0 Å². The summed E-state index contributed by atoms with van der Waals surface area (Å²) in [6.07, 6.45) is 1.82. The van der Waals surface area contributed by atoms with Crippen molar-refractivity contribution in [2.75, 3.05) is 45.8 Å². The standard InChI is InChI=1S/C20H28ClN3O2/c1-3-23(4-2)18(25)15-22-11-13-24(14-12-22)19(26)20(9-10-20)16-5-7-17(21)8-6-16/h5-8H,3-4,9-15H2,1-2H3. The van der Waals surface area contributed by atoms with Crippen LogP contribution < -0.4 is 0 Å². The van der Waals surface area contributed by atoms with Crippen molar-refractivity contribution in [3.8, 4) is 0 Å². The number of likely N-dealkylation sites (N-methyl/N-ethyl adjacent to an activating group) is 1. The Balaban J connectivity index is 1.56. The Hall–Kier alpha value is -1.59. The molecule has 0 radical (unpaired) electrons. The second-order valence-electron chi connectivity index (χ2n) is 7.22. The second-order valence-corrected chi connectivity index (χ2v) is 7.66. The van der Waals surface area contributed by atoms with E-state index in [0.29, 0.717) is 24.7 Å². The summed E-state index contributed by atoms with van der Waals surface area (Å²) in [6.45, 7) is 8.86. The predicted octanol–water partition coefficient (Wildman–Crippen LogP) is 2.38. The van der Waals surface area contributed by atoms with Gasteiger partial charge in [0, 0.05) is 44.3 Å². The van der Waals surface area contributed by atoms with Crippen molar-refractivity contribution in [2.45, 2.75) is 32.1 Å². The smallest absolute Gasteiger partial charge is 0.236 e. The van der Waals surface area contributed by atoms with Crippen molar-refractivity contribution in [3.05, 3.63) is 34.9 Å². The third-order valence-electron chi connectivity index (χ3n) is 5.69. The van der Waals surface area contributed by atoms with Gasteiger partial charge in [-0.1, -0.05) is 23.7 Å². The van der Waals surface area contributed by atoms with E-state index in [1.54, 1.807) is 0 Å². The van der Waals surface area contributed by atoms with Crippen LogP contribution in [0.5, 0.6) is 0 Å². The molecule has 1 aliphatic heterocycles. The van der Waals surface area contributed by atoms with Crippen LogP contribution in [0.15, 0.2) is 24.3 Å². The zero-order valence-electron chi connectivity index (χ0n) is 15.7. The molecule has 1 aromatic rings. The number of carbonyl (C=O) groups excluding carboxylic acids is 2. The molecule has 0 aromatic heterocycles. The zero-order valence-corrected chi connectivity index (χ0v) is 16.5. The van der Waals surface area contributed by atoms with E-state index in [0.717, 1.165) is 44.6 Å². The first-order valence-electron chi connectivity index (χ1n) is 9.55. The van der Waals surface area contributed by atoms with Gasteiger partial charge in [-0.05, 0) is 44.4 Å². The van der Waals surface area contributed by atoms with Gasteiger partial charge in [0.1, 0.15) is 0 Å². The minimum atomic E-state index is -0.343. The van der Waals surface area contributed by atoms with Crippen LogP contribution in [0.3, 0.4) is 0 Å². The van der Waals surface area contributed by atoms with Crippen molar-refractivity contribution in [3.63, 3.8) is 0 Å². The molecular formula is C20H28ClN3O2. The number of piperazine rings is 1. The van der Waals surface area contributed by atoms with E-state index in [1.165, 1.54) is 0 Å². The summed E-state index contributed by atoms with van der Waals surface area (Å²) in [5.74, 6) is 0.407. The monoisotopic (exact) mass is 377 g/mol. The van der Waals surface area contributed by atoms with E-state index in [1.807, 2.05) is 47.9 Å². The summed E-state index contributed by atoms with van der Waals surface area (Å²) in [7, 11) is 0. The lowest BCUT2D eigenvalue weighted by Gasteiger charge is -2.37. The lowest BCUT2D eigenvalue weighted by Crippen LogP contribution is -2.53. The molecule has 0 N–H and O–H groups in total. The van der Waals surface area contributed by atoms with E-state index in [4.69, 9.17) is 11.6 Å². The fourth-order valence-electron chi connectivity index (χ4n) is 3.80. The number of hydrogen-bond donors (Lipinski definition) is 0. The summed E-state index contributed by atoms with van der Waals surface area (Å²) in [5.41, 5.74) is 0.732. The fraction of sp³-hybridized carbons (Fsp3) is 0.600. The van der Waals surface area contributed by atoms with Crippen LogP contribution in [0.4, 0.5) is 0 Å². The highest BCUT2D eigenvalue weighted by Crippen LogP contribution is 2.49. The van der Waals surface area contributed by atoms with Crippen LogP contribution in [-0.4, -0.2) is 72.3 Å². The van der Waals surface area contributed by atoms with E-state index in [9.17, 15) is 9.59 Å². The average Bonchev–Trinajstić information content (AvgIpc) is 3.45. The molecule has 3 rings (SSSR count). The van der Waals surface area contributed by atoms with Gasteiger partial charge in [-0.3, -0.25) is 14.5 Å². The molecule has 6 heteroatoms. The summed E-state index contributed by atoms with van der Waals surface area (Å²) in [4.78, 5) is 31.3. The number of carbonyl (C=O) groups is 2. The Labute approximate surface area is 160 Å². The maximum Gasteiger partial charge on any atom is 0.236 e. The first kappa shape index (κ1) is 19.2. The zero-order chi connectivity index (χ0) is 18.7. The van der Waals surface area contributed by atoms with Crippen molar-refractivity contribution >= 4 is 23.4 Å². The molecule has 1 aromatic carbocycles. The van der Waals surface area contributed by atoms with Gasteiger partial charge < -0.3 is 9.80 Å². The highest BCUT2D eigenvalue weighted by atomic mass is 35.5. The molecule has 0 spiro atoms. The predicted molar refractivity (Wildman–Crippen MR) is 103 cm³/mol. The molecule has 2 fully saturated rings. The van der Waals surface area contributed by atoms with Crippen molar-refractivity contribution in [2.24, 2.45) is 0 Å². The van der Waals surface area contributed by atoms with Crippen LogP contribution in [0.2, 0.25) is 5.02 Å².